The van der Waals surface area contributed by atoms with Crippen molar-refractivity contribution in [3.8, 4) is 0 Å². The molecule has 0 aliphatic carbocycles. The largest absolute Gasteiger partial charge is 0.383 e. The minimum Gasteiger partial charge on any atom is -0.383 e. The molecule has 2 aliphatic heterocycles. The Kier molecular flexibility index (Phi) is 4.53. The molecule has 0 amide bonds. The molecular weight excluding hydrogens is 342 g/mol. The van der Waals surface area contributed by atoms with Crippen LogP contribution in [-0.4, -0.2) is 30.6 Å². The molecule has 3 aromatic rings. The van der Waals surface area contributed by atoms with Gasteiger partial charge in [-0.25, -0.2) is 0 Å². The number of para-hydroxylation sites is 2. The minimum atomic E-state index is 0.290. The lowest BCUT2D eigenvalue weighted by Gasteiger charge is -2.44. The maximum absolute atomic E-state index is 3.84. The summed E-state index contributed by atoms with van der Waals surface area (Å²) >= 11 is 0. The average Bonchev–Trinajstić information content (AvgIpc) is 2.78. The lowest BCUT2D eigenvalue weighted by atomic mass is 9.86. The summed E-state index contributed by atoms with van der Waals surface area (Å²) in [7, 11) is 2.30. The lowest BCUT2D eigenvalue weighted by Crippen LogP contribution is -2.52. The van der Waals surface area contributed by atoms with E-state index in [4.69, 9.17) is 0 Å². The van der Waals surface area contributed by atoms with E-state index in [0.717, 1.165) is 19.4 Å². The van der Waals surface area contributed by atoms with Gasteiger partial charge in [-0.1, -0.05) is 66.7 Å². The second-order valence-corrected chi connectivity index (χ2v) is 8.02. The van der Waals surface area contributed by atoms with E-state index < -0.39 is 0 Å². The molecule has 0 saturated heterocycles. The standard InChI is InChI=1S/C25H27N3/c1-28(21-15-19-11-5-7-13-22(19)26-17-21)24-16-20-12-6-8-14-23(20)27-25(24)18-9-3-2-4-10-18/h2-14,21,24-27H,15-17H2,1H3. The fourth-order valence-electron chi connectivity index (χ4n) is 4.77. The van der Waals surface area contributed by atoms with Crippen molar-refractivity contribution in [2.24, 2.45) is 0 Å². The highest BCUT2D eigenvalue weighted by Gasteiger charge is 2.35. The number of anilines is 2. The quantitative estimate of drug-likeness (QED) is 0.699. The summed E-state index contributed by atoms with van der Waals surface area (Å²) in [6, 6.07) is 29.5. The van der Waals surface area contributed by atoms with Crippen molar-refractivity contribution in [2.45, 2.75) is 31.0 Å². The molecule has 3 nitrogen and oxygen atoms in total. The molecule has 0 aromatic heterocycles. The van der Waals surface area contributed by atoms with Crippen molar-refractivity contribution < 1.29 is 0 Å². The number of hydrogen-bond acceptors (Lipinski definition) is 3. The molecule has 3 atom stereocenters. The highest BCUT2D eigenvalue weighted by atomic mass is 15.2. The Hall–Kier alpha value is -2.78. The Morgan fingerprint density at radius 1 is 0.750 bits per heavy atom. The van der Waals surface area contributed by atoms with Crippen LogP contribution in [0.2, 0.25) is 0 Å². The van der Waals surface area contributed by atoms with Gasteiger partial charge in [0.25, 0.3) is 0 Å². The second-order valence-electron chi connectivity index (χ2n) is 8.02. The Bertz CT molecular complexity index is 953. The zero-order valence-corrected chi connectivity index (χ0v) is 16.3. The molecule has 28 heavy (non-hydrogen) atoms. The maximum atomic E-state index is 3.84. The number of nitrogens with zero attached hydrogens (tertiary/aromatic N) is 1. The van der Waals surface area contributed by atoms with Gasteiger partial charge in [-0.3, -0.25) is 4.90 Å². The van der Waals surface area contributed by atoms with Gasteiger partial charge in [-0.15, -0.1) is 0 Å². The first kappa shape index (κ1) is 17.3. The number of hydrogen-bond donors (Lipinski definition) is 2. The third-order valence-corrected chi connectivity index (χ3v) is 6.40. The van der Waals surface area contributed by atoms with Crippen molar-refractivity contribution in [2.75, 3.05) is 24.2 Å². The Morgan fingerprint density at radius 2 is 1.39 bits per heavy atom. The van der Waals surface area contributed by atoms with Crippen LogP contribution < -0.4 is 10.6 Å². The van der Waals surface area contributed by atoms with Crippen molar-refractivity contribution >= 4 is 11.4 Å². The van der Waals surface area contributed by atoms with E-state index in [9.17, 15) is 0 Å². The van der Waals surface area contributed by atoms with Crippen molar-refractivity contribution in [3.05, 3.63) is 95.6 Å². The van der Waals surface area contributed by atoms with Crippen LogP contribution in [0.4, 0.5) is 11.4 Å². The van der Waals surface area contributed by atoms with Gasteiger partial charge < -0.3 is 10.6 Å². The first-order valence-electron chi connectivity index (χ1n) is 10.2. The molecule has 0 bridgehead atoms. The molecule has 5 rings (SSSR count). The fraction of sp³-hybridized carbons (Fsp3) is 0.280. The SMILES string of the molecule is CN(C1CNc2ccccc2C1)C1Cc2ccccc2NC1c1ccccc1. The smallest absolute Gasteiger partial charge is 0.0672 e. The number of likely N-dealkylation sites (N-methyl/N-ethyl adjacent to an activating group) is 1. The van der Waals surface area contributed by atoms with Crippen LogP contribution in [-0.2, 0) is 12.8 Å². The summed E-state index contributed by atoms with van der Waals surface area (Å²) in [6.45, 7) is 0.993. The first-order chi connectivity index (χ1) is 13.8. The van der Waals surface area contributed by atoms with Gasteiger partial charge in [0.05, 0.1) is 6.04 Å². The predicted molar refractivity (Wildman–Crippen MR) is 117 cm³/mol. The minimum absolute atomic E-state index is 0.290. The molecule has 3 aromatic carbocycles. The maximum Gasteiger partial charge on any atom is 0.0672 e. The molecule has 2 N–H and O–H groups in total. The summed E-state index contributed by atoms with van der Waals surface area (Å²) < 4.78 is 0. The number of benzene rings is 3. The fourth-order valence-corrected chi connectivity index (χ4v) is 4.77. The number of nitrogens with one attached hydrogen (secondary N) is 2. The van der Waals surface area contributed by atoms with E-state index >= 15 is 0 Å². The topological polar surface area (TPSA) is 27.3 Å². The predicted octanol–water partition coefficient (Wildman–Crippen LogP) is 4.73. The van der Waals surface area contributed by atoms with E-state index in [2.05, 4.69) is 101 Å². The third kappa shape index (κ3) is 3.16. The van der Waals surface area contributed by atoms with Crippen LogP contribution in [0.3, 0.4) is 0 Å². The van der Waals surface area contributed by atoms with Gasteiger partial charge in [0.2, 0.25) is 0 Å². The first-order valence-corrected chi connectivity index (χ1v) is 10.2. The van der Waals surface area contributed by atoms with Crippen molar-refractivity contribution in [1.29, 1.82) is 0 Å². The van der Waals surface area contributed by atoms with Crippen LogP contribution in [0.1, 0.15) is 22.7 Å². The molecule has 0 fully saturated rings. The van der Waals surface area contributed by atoms with E-state index in [-0.39, 0.29) is 0 Å². The van der Waals surface area contributed by atoms with Gasteiger partial charge >= 0.3 is 0 Å². The van der Waals surface area contributed by atoms with Gasteiger partial charge in [-0.05, 0) is 48.7 Å². The van der Waals surface area contributed by atoms with Crippen LogP contribution in [0, 0.1) is 0 Å². The van der Waals surface area contributed by atoms with Gasteiger partial charge in [-0.2, -0.15) is 0 Å². The summed E-state index contributed by atoms with van der Waals surface area (Å²) in [6.07, 6.45) is 2.16. The summed E-state index contributed by atoms with van der Waals surface area (Å²) in [4.78, 5) is 2.60. The molecule has 2 heterocycles. The molecule has 2 aliphatic rings. The van der Waals surface area contributed by atoms with E-state index in [1.165, 1.54) is 28.1 Å². The zero-order valence-electron chi connectivity index (χ0n) is 16.3. The van der Waals surface area contributed by atoms with E-state index in [1.807, 2.05) is 0 Å². The molecule has 3 unspecified atom stereocenters. The Morgan fingerprint density at radius 3 is 2.18 bits per heavy atom. The van der Waals surface area contributed by atoms with Crippen LogP contribution >= 0.6 is 0 Å². The monoisotopic (exact) mass is 369 g/mol. The van der Waals surface area contributed by atoms with Crippen molar-refractivity contribution in [1.82, 2.24) is 4.90 Å². The number of rotatable bonds is 3. The highest BCUT2D eigenvalue weighted by Crippen LogP contribution is 2.36. The second kappa shape index (κ2) is 7.33. The van der Waals surface area contributed by atoms with Crippen LogP contribution in [0.15, 0.2) is 78.9 Å². The van der Waals surface area contributed by atoms with E-state index in [0.29, 0.717) is 18.1 Å². The summed E-state index contributed by atoms with van der Waals surface area (Å²) in [5.74, 6) is 0. The van der Waals surface area contributed by atoms with E-state index in [1.54, 1.807) is 0 Å². The molecule has 0 radical (unpaired) electrons. The Balaban J connectivity index is 1.46. The van der Waals surface area contributed by atoms with Crippen molar-refractivity contribution in [3.63, 3.8) is 0 Å². The number of fused-ring (bicyclic) bond motifs is 2. The molecule has 3 heteroatoms. The van der Waals surface area contributed by atoms with Gasteiger partial charge in [0.15, 0.2) is 0 Å². The average molecular weight is 370 g/mol. The molecular formula is C25H27N3. The highest BCUT2D eigenvalue weighted by molar-refractivity contribution is 5.57. The molecule has 0 spiro atoms. The molecule has 142 valence electrons. The summed E-state index contributed by atoms with van der Waals surface area (Å²) in [5.41, 5.74) is 6.76. The zero-order chi connectivity index (χ0) is 18.9. The lowest BCUT2D eigenvalue weighted by molar-refractivity contribution is 0.154. The summed E-state index contributed by atoms with van der Waals surface area (Å²) in [5, 5.41) is 7.48. The Labute approximate surface area is 167 Å². The van der Waals surface area contributed by atoms with Crippen LogP contribution in [0.5, 0.6) is 0 Å². The van der Waals surface area contributed by atoms with Gasteiger partial charge in [0, 0.05) is 30.0 Å². The normalized spacial score (nSPS) is 23.3. The van der Waals surface area contributed by atoms with Gasteiger partial charge in [0.1, 0.15) is 0 Å². The molecule has 0 saturated carbocycles. The van der Waals surface area contributed by atoms with Crippen LogP contribution in [0.25, 0.3) is 0 Å². The third-order valence-electron chi connectivity index (χ3n) is 6.40.